The highest BCUT2D eigenvalue weighted by molar-refractivity contribution is 5.86. The molecule has 1 amide bonds. The lowest BCUT2D eigenvalue weighted by atomic mass is 10.0. The Bertz CT molecular complexity index is 535. The fourth-order valence-electron chi connectivity index (χ4n) is 1.92. The molecule has 0 aromatic heterocycles. The van der Waals surface area contributed by atoms with E-state index in [9.17, 15) is 14.0 Å². The Morgan fingerprint density at radius 1 is 1.27 bits per heavy atom. The van der Waals surface area contributed by atoms with Gasteiger partial charge in [0.1, 0.15) is 17.5 Å². The minimum atomic E-state index is -0.722. The molecule has 0 saturated carbocycles. The first kappa shape index (κ1) is 18.1. The number of amides is 1. The average Bonchev–Trinajstić information content (AvgIpc) is 2.33. The minimum absolute atomic E-state index is 0.0176. The smallest absolute Gasteiger partial charge is 0.329 e. The van der Waals surface area contributed by atoms with Crippen LogP contribution >= 0.6 is 0 Å². The summed E-state index contributed by atoms with van der Waals surface area (Å²) in [7, 11) is 0. The van der Waals surface area contributed by atoms with Gasteiger partial charge >= 0.3 is 5.97 Å². The molecular formula is C17H24FNO3. The van der Waals surface area contributed by atoms with Crippen molar-refractivity contribution in [1.82, 2.24) is 5.32 Å². The largest absolute Gasteiger partial charge is 0.458 e. The number of rotatable bonds is 5. The van der Waals surface area contributed by atoms with E-state index in [1.54, 1.807) is 32.9 Å². The summed E-state index contributed by atoms with van der Waals surface area (Å²) in [6.45, 7) is 8.98. The summed E-state index contributed by atoms with van der Waals surface area (Å²) in [5, 5.41) is 2.67. The van der Waals surface area contributed by atoms with Crippen molar-refractivity contribution in [2.24, 2.45) is 5.92 Å². The van der Waals surface area contributed by atoms with E-state index in [1.807, 2.05) is 13.8 Å². The maximum Gasteiger partial charge on any atom is 0.329 e. The van der Waals surface area contributed by atoms with Gasteiger partial charge in [-0.2, -0.15) is 0 Å². The Morgan fingerprint density at radius 2 is 1.91 bits per heavy atom. The minimum Gasteiger partial charge on any atom is -0.458 e. The van der Waals surface area contributed by atoms with E-state index in [0.717, 1.165) is 0 Å². The van der Waals surface area contributed by atoms with E-state index in [4.69, 9.17) is 4.74 Å². The van der Waals surface area contributed by atoms with E-state index in [0.29, 0.717) is 5.56 Å². The Labute approximate surface area is 131 Å². The lowest BCUT2D eigenvalue weighted by Crippen LogP contribution is -2.47. The first-order valence-corrected chi connectivity index (χ1v) is 7.35. The van der Waals surface area contributed by atoms with Gasteiger partial charge in [0.25, 0.3) is 0 Å². The molecule has 0 heterocycles. The number of halogens is 1. The summed E-state index contributed by atoms with van der Waals surface area (Å²) in [6, 6.07) is 5.11. The number of carbonyl (C=O) groups is 2. The van der Waals surface area contributed by atoms with Crippen LogP contribution in [0.25, 0.3) is 0 Å². The van der Waals surface area contributed by atoms with Crippen LogP contribution in [-0.2, 0) is 20.7 Å². The maximum atomic E-state index is 13.1. The van der Waals surface area contributed by atoms with Crippen LogP contribution in [0.3, 0.4) is 0 Å². The van der Waals surface area contributed by atoms with Crippen molar-refractivity contribution in [1.29, 1.82) is 0 Å². The standard InChI is InChI=1S/C17H24FNO3/c1-11(2)15(16(21)22-17(3,4)5)19-14(20)10-12-7-6-8-13(18)9-12/h6-9,11,15H,10H2,1-5H3,(H,19,20)/t15-/m1/s1. The molecule has 0 bridgehead atoms. The van der Waals surface area contributed by atoms with Crippen molar-refractivity contribution in [3.8, 4) is 0 Å². The molecule has 1 rings (SSSR count). The highest BCUT2D eigenvalue weighted by Crippen LogP contribution is 2.13. The predicted molar refractivity (Wildman–Crippen MR) is 82.7 cm³/mol. The first-order valence-electron chi connectivity index (χ1n) is 7.35. The lowest BCUT2D eigenvalue weighted by molar-refractivity contribution is -0.159. The zero-order chi connectivity index (χ0) is 16.9. The molecule has 0 aliphatic rings. The molecule has 0 aliphatic heterocycles. The molecule has 122 valence electrons. The molecule has 1 aromatic carbocycles. The number of hydrogen-bond donors (Lipinski definition) is 1. The van der Waals surface area contributed by atoms with Gasteiger partial charge in [0, 0.05) is 0 Å². The Morgan fingerprint density at radius 3 is 2.41 bits per heavy atom. The molecule has 0 saturated heterocycles. The molecule has 22 heavy (non-hydrogen) atoms. The highest BCUT2D eigenvalue weighted by atomic mass is 19.1. The van der Waals surface area contributed by atoms with Crippen LogP contribution in [0.4, 0.5) is 4.39 Å². The van der Waals surface area contributed by atoms with Crippen LogP contribution in [0.2, 0.25) is 0 Å². The Balaban J connectivity index is 2.70. The predicted octanol–water partition coefficient (Wildman–Crippen LogP) is 2.85. The van der Waals surface area contributed by atoms with E-state index < -0.39 is 23.4 Å². The summed E-state index contributed by atoms with van der Waals surface area (Å²) >= 11 is 0. The Kier molecular flexibility index (Phi) is 6.09. The normalized spacial score (nSPS) is 12.9. The summed E-state index contributed by atoms with van der Waals surface area (Å²) < 4.78 is 18.4. The average molecular weight is 309 g/mol. The SMILES string of the molecule is CC(C)[C@@H](NC(=O)Cc1cccc(F)c1)C(=O)OC(C)(C)C. The second-order valence-corrected chi connectivity index (χ2v) is 6.63. The molecule has 4 nitrogen and oxygen atoms in total. The van der Waals surface area contributed by atoms with Crippen LogP contribution < -0.4 is 5.32 Å². The second kappa shape index (κ2) is 7.38. The van der Waals surface area contributed by atoms with Gasteiger partial charge in [-0.1, -0.05) is 26.0 Å². The van der Waals surface area contributed by atoms with Crippen molar-refractivity contribution in [3.05, 3.63) is 35.6 Å². The molecule has 0 fully saturated rings. The molecule has 1 aromatic rings. The summed E-state index contributed by atoms with van der Waals surface area (Å²) in [6.07, 6.45) is 0.0176. The third-order valence-electron chi connectivity index (χ3n) is 2.90. The third kappa shape index (κ3) is 6.24. The van der Waals surface area contributed by atoms with E-state index >= 15 is 0 Å². The van der Waals surface area contributed by atoms with Crippen LogP contribution in [0.1, 0.15) is 40.2 Å². The lowest BCUT2D eigenvalue weighted by Gasteiger charge is -2.26. The molecular weight excluding hydrogens is 285 g/mol. The van der Waals surface area contributed by atoms with Crippen molar-refractivity contribution in [2.45, 2.75) is 52.7 Å². The summed E-state index contributed by atoms with van der Waals surface area (Å²) in [5.41, 5.74) is -0.0541. The zero-order valence-electron chi connectivity index (χ0n) is 13.8. The van der Waals surface area contributed by atoms with Gasteiger partial charge in [0.15, 0.2) is 0 Å². The van der Waals surface area contributed by atoms with Crippen LogP contribution in [0, 0.1) is 11.7 Å². The highest BCUT2D eigenvalue weighted by Gasteiger charge is 2.29. The van der Waals surface area contributed by atoms with Crippen LogP contribution in [-0.4, -0.2) is 23.5 Å². The van der Waals surface area contributed by atoms with E-state index in [2.05, 4.69) is 5.32 Å². The molecule has 1 atom stereocenters. The zero-order valence-corrected chi connectivity index (χ0v) is 13.8. The van der Waals surface area contributed by atoms with Crippen LogP contribution in [0.15, 0.2) is 24.3 Å². The molecule has 0 spiro atoms. The molecule has 0 aliphatic carbocycles. The van der Waals surface area contributed by atoms with Gasteiger partial charge in [-0.15, -0.1) is 0 Å². The van der Waals surface area contributed by atoms with Gasteiger partial charge in [-0.3, -0.25) is 4.79 Å². The quantitative estimate of drug-likeness (QED) is 0.851. The van der Waals surface area contributed by atoms with E-state index in [1.165, 1.54) is 12.1 Å². The van der Waals surface area contributed by atoms with E-state index in [-0.39, 0.29) is 18.2 Å². The number of benzene rings is 1. The summed E-state index contributed by atoms with van der Waals surface area (Å²) in [4.78, 5) is 24.2. The molecule has 5 heteroatoms. The molecule has 0 radical (unpaired) electrons. The number of carbonyl (C=O) groups excluding carboxylic acids is 2. The van der Waals surface area contributed by atoms with Crippen LogP contribution in [0.5, 0.6) is 0 Å². The third-order valence-corrected chi connectivity index (χ3v) is 2.90. The first-order chi connectivity index (χ1) is 10.1. The fraction of sp³-hybridized carbons (Fsp3) is 0.529. The van der Waals surface area contributed by atoms with Gasteiger partial charge in [0.2, 0.25) is 5.91 Å². The second-order valence-electron chi connectivity index (χ2n) is 6.63. The monoisotopic (exact) mass is 309 g/mol. The van der Waals surface area contributed by atoms with Gasteiger partial charge < -0.3 is 10.1 Å². The van der Waals surface area contributed by atoms with Gasteiger partial charge in [-0.25, -0.2) is 9.18 Å². The van der Waals surface area contributed by atoms with Crippen molar-refractivity contribution < 1.29 is 18.7 Å². The number of ether oxygens (including phenoxy) is 1. The number of nitrogens with one attached hydrogen (secondary N) is 1. The van der Waals surface area contributed by atoms with Crippen molar-refractivity contribution >= 4 is 11.9 Å². The summed E-state index contributed by atoms with van der Waals surface area (Å²) in [5.74, 6) is -1.30. The van der Waals surface area contributed by atoms with Gasteiger partial charge in [0.05, 0.1) is 6.42 Å². The number of hydrogen-bond acceptors (Lipinski definition) is 3. The number of esters is 1. The topological polar surface area (TPSA) is 55.4 Å². The Hall–Kier alpha value is -1.91. The molecule has 1 N–H and O–H groups in total. The maximum absolute atomic E-state index is 13.1. The fourth-order valence-corrected chi connectivity index (χ4v) is 1.92. The van der Waals surface area contributed by atoms with Gasteiger partial charge in [-0.05, 0) is 44.4 Å². The van der Waals surface area contributed by atoms with Crippen molar-refractivity contribution in [3.63, 3.8) is 0 Å². The van der Waals surface area contributed by atoms with Crippen molar-refractivity contribution in [2.75, 3.05) is 0 Å². The molecule has 0 unspecified atom stereocenters.